The van der Waals surface area contributed by atoms with Crippen molar-refractivity contribution in [3.8, 4) is 0 Å². The number of nitrogens with zero attached hydrogens (tertiary/aromatic N) is 2. The van der Waals surface area contributed by atoms with E-state index in [1.807, 2.05) is 19.3 Å². The van der Waals surface area contributed by atoms with Gasteiger partial charge in [0.15, 0.2) is 0 Å². The van der Waals surface area contributed by atoms with Crippen molar-refractivity contribution in [2.75, 3.05) is 0 Å². The highest BCUT2D eigenvalue weighted by molar-refractivity contribution is 5.90. The van der Waals surface area contributed by atoms with Crippen molar-refractivity contribution >= 4 is 16.8 Å². The number of Topliss-reactive ketones (excluding diaryl/α,β-unsaturated/α-hetero) is 1. The lowest BCUT2D eigenvalue weighted by Gasteiger charge is -2.01. The molecule has 0 saturated carbocycles. The molecule has 4 rings (SSSR count). The zero-order valence-corrected chi connectivity index (χ0v) is 12.6. The SMILES string of the molecule is Cn1ccc(CC(=O)Cc2coc3cc4c(cc23)CCC4)n1. The Bertz CT molecular complexity index is 857. The number of rotatable bonds is 4. The Morgan fingerprint density at radius 1 is 1.27 bits per heavy atom. The van der Waals surface area contributed by atoms with Gasteiger partial charge >= 0.3 is 0 Å². The van der Waals surface area contributed by atoms with Crippen molar-refractivity contribution in [2.45, 2.75) is 32.1 Å². The number of fused-ring (bicyclic) bond motifs is 2. The molecule has 0 bridgehead atoms. The number of hydrogen-bond donors (Lipinski definition) is 0. The first-order valence-electron chi connectivity index (χ1n) is 7.71. The summed E-state index contributed by atoms with van der Waals surface area (Å²) in [4.78, 5) is 12.3. The minimum Gasteiger partial charge on any atom is -0.464 e. The number of aromatic nitrogens is 2. The molecule has 2 aromatic heterocycles. The van der Waals surface area contributed by atoms with Crippen molar-refractivity contribution in [3.63, 3.8) is 0 Å². The quantitative estimate of drug-likeness (QED) is 0.743. The number of carbonyl (C=O) groups is 1. The molecule has 112 valence electrons. The summed E-state index contributed by atoms with van der Waals surface area (Å²) in [5.74, 6) is 0.168. The number of aryl methyl sites for hydroxylation is 3. The van der Waals surface area contributed by atoms with E-state index in [-0.39, 0.29) is 5.78 Å². The van der Waals surface area contributed by atoms with E-state index >= 15 is 0 Å². The van der Waals surface area contributed by atoms with Crippen molar-refractivity contribution in [3.05, 3.63) is 53.0 Å². The first-order valence-corrected chi connectivity index (χ1v) is 7.71. The lowest BCUT2D eigenvalue weighted by atomic mass is 10.0. The summed E-state index contributed by atoms with van der Waals surface area (Å²) in [6.45, 7) is 0. The number of hydrogen-bond acceptors (Lipinski definition) is 3. The second-order valence-electron chi connectivity index (χ2n) is 6.10. The molecular weight excluding hydrogens is 276 g/mol. The normalized spacial score (nSPS) is 13.7. The average Bonchev–Trinajstić information content (AvgIpc) is 3.18. The smallest absolute Gasteiger partial charge is 0.143 e. The summed E-state index contributed by atoms with van der Waals surface area (Å²) in [6.07, 6.45) is 7.86. The molecule has 4 nitrogen and oxygen atoms in total. The topological polar surface area (TPSA) is 48.0 Å². The van der Waals surface area contributed by atoms with Gasteiger partial charge in [-0.15, -0.1) is 0 Å². The van der Waals surface area contributed by atoms with Crippen LogP contribution >= 0.6 is 0 Å². The largest absolute Gasteiger partial charge is 0.464 e. The zero-order valence-electron chi connectivity index (χ0n) is 12.6. The third-order valence-corrected chi connectivity index (χ3v) is 4.40. The molecule has 1 aromatic carbocycles. The Labute approximate surface area is 128 Å². The molecule has 0 radical (unpaired) electrons. The molecule has 0 spiro atoms. The Morgan fingerprint density at radius 3 is 2.86 bits per heavy atom. The third-order valence-electron chi connectivity index (χ3n) is 4.40. The third kappa shape index (κ3) is 2.34. The van der Waals surface area contributed by atoms with Gasteiger partial charge in [-0.2, -0.15) is 5.10 Å². The molecule has 0 fully saturated rings. The second-order valence-corrected chi connectivity index (χ2v) is 6.10. The molecular formula is C18H18N2O2. The molecule has 22 heavy (non-hydrogen) atoms. The van der Waals surface area contributed by atoms with Gasteiger partial charge in [-0.3, -0.25) is 9.48 Å². The first-order chi connectivity index (χ1) is 10.7. The fourth-order valence-corrected chi connectivity index (χ4v) is 3.32. The predicted octanol–water partition coefficient (Wildman–Crippen LogP) is 3.01. The van der Waals surface area contributed by atoms with E-state index < -0.39 is 0 Å². The minimum atomic E-state index is 0.168. The van der Waals surface area contributed by atoms with Crippen molar-refractivity contribution in [1.82, 2.24) is 9.78 Å². The monoisotopic (exact) mass is 294 g/mol. The summed E-state index contributed by atoms with van der Waals surface area (Å²) in [7, 11) is 1.86. The summed E-state index contributed by atoms with van der Waals surface area (Å²) in [5, 5.41) is 5.35. The van der Waals surface area contributed by atoms with Crippen LogP contribution in [0.25, 0.3) is 11.0 Å². The van der Waals surface area contributed by atoms with Gasteiger partial charge in [0, 0.05) is 30.6 Å². The molecule has 2 heterocycles. The van der Waals surface area contributed by atoms with Crippen LogP contribution in [0.15, 0.2) is 35.1 Å². The standard InChI is InChI=1S/C18H18N2O2/c1-20-6-5-15(19-20)10-16(21)7-14-11-22-18-9-13-4-2-3-12(13)8-17(14)18/h5-6,8-9,11H,2-4,7,10H2,1H3. The van der Waals surface area contributed by atoms with Gasteiger partial charge in [-0.25, -0.2) is 0 Å². The number of ketones is 1. The van der Waals surface area contributed by atoms with Crippen LogP contribution in [0.3, 0.4) is 0 Å². The van der Waals surface area contributed by atoms with E-state index in [9.17, 15) is 4.79 Å². The summed E-state index contributed by atoms with van der Waals surface area (Å²) in [5.41, 5.74) is 5.52. The fourth-order valence-electron chi connectivity index (χ4n) is 3.32. The van der Waals surface area contributed by atoms with Gasteiger partial charge in [0.2, 0.25) is 0 Å². The highest BCUT2D eigenvalue weighted by atomic mass is 16.3. The van der Waals surface area contributed by atoms with Gasteiger partial charge in [0.1, 0.15) is 11.4 Å². The molecule has 3 aromatic rings. The molecule has 0 amide bonds. The summed E-state index contributed by atoms with van der Waals surface area (Å²) >= 11 is 0. The molecule has 4 heteroatoms. The van der Waals surface area contributed by atoms with Crippen molar-refractivity contribution in [2.24, 2.45) is 7.05 Å². The second kappa shape index (κ2) is 5.13. The van der Waals surface area contributed by atoms with Crippen LogP contribution in [0.4, 0.5) is 0 Å². The van der Waals surface area contributed by atoms with Gasteiger partial charge in [0.25, 0.3) is 0 Å². The number of carbonyl (C=O) groups excluding carboxylic acids is 1. The van der Waals surface area contributed by atoms with Gasteiger partial charge in [0.05, 0.1) is 18.4 Å². The van der Waals surface area contributed by atoms with E-state index in [4.69, 9.17) is 4.42 Å². The van der Waals surface area contributed by atoms with Crippen LogP contribution in [0.1, 0.15) is 28.8 Å². The first kappa shape index (κ1) is 13.3. The summed E-state index contributed by atoms with van der Waals surface area (Å²) < 4.78 is 7.38. The lowest BCUT2D eigenvalue weighted by Crippen LogP contribution is -2.07. The number of benzene rings is 1. The maximum absolute atomic E-state index is 12.3. The van der Waals surface area contributed by atoms with Gasteiger partial charge in [-0.05, 0) is 48.6 Å². The average molecular weight is 294 g/mol. The van der Waals surface area contributed by atoms with Crippen molar-refractivity contribution in [1.29, 1.82) is 0 Å². The van der Waals surface area contributed by atoms with Gasteiger partial charge < -0.3 is 4.42 Å². The van der Waals surface area contributed by atoms with E-state index in [0.29, 0.717) is 12.8 Å². The Kier molecular flexibility index (Phi) is 3.10. The maximum atomic E-state index is 12.3. The molecule has 0 N–H and O–H groups in total. The zero-order chi connectivity index (χ0) is 15.1. The summed E-state index contributed by atoms with van der Waals surface area (Å²) in [6, 6.07) is 6.24. The van der Waals surface area contributed by atoms with Crippen LogP contribution in [0.5, 0.6) is 0 Å². The minimum absolute atomic E-state index is 0.168. The van der Waals surface area contributed by atoms with Crippen LogP contribution in [0.2, 0.25) is 0 Å². The molecule has 0 atom stereocenters. The van der Waals surface area contributed by atoms with Gasteiger partial charge in [-0.1, -0.05) is 0 Å². The lowest BCUT2D eigenvalue weighted by molar-refractivity contribution is -0.117. The van der Waals surface area contributed by atoms with E-state index in [1.54, 1.807) is 10.9 Å². The Morgan fingerprint density at radius 2 is 2.09 bits per heavy atom. The number of furan rings is 1. The Balaban J connectivity index is 1.57. The molecule has 0 saturated heterocycles. The van der Waals surface area contributed by atoms with Crippen LogP contribution in [0, 0.1) is 0 Å². The molecule has 0 unspecified atom stereocenters. The van der Waals surface area contributed by atoms with E-state index in [2.05, 4.69) is 17.2 Å². The van der Waals surface area contributed by atoms with E-state index in [0.717, 1.165) is 35.1 Å². The molecule has 1 aliphatic rings. The van der Waals surface area contributed by atoms with Crippen molar-refractivity contribution < 1.29 is 9.21 Å². The Hall–Kier alpha value is -2.36. The van der Waals surface area contributed by atoms with Crippen LogP contribution in [-0.2, 0) is 37.5 Å². The van der Waals surface area contributed by atoms with Crippen LogP contribution in [-0.4, -0.2) is 15.6 Å². The maximum Gasteiger partial charge on any atom is 0.143 e. The highest BCUT2D eigenvalue weighted by Crippen LogP contribution is 2.30. The molecule has 1 aliphatic carbocycles. The van der Waals surface area contributed by atoms with E-state index in [1.165, 1.54) is 17.5 Å². The van der Waals surface area contributed by atoms with Crippen LogP contribution < -0.4 is 0 Å². The highest BCUT2D eigenvalue weighted by Gasteiger charge is 2.17. The fraction of sp³-hybridized carbons (Fsp3) is 0.333. The predicted molar refractivity (Wildman–Crippen MR) is 83.9 cm³/mol. The molecule has 0 aliphatic heterocycles.